The molecular formula is C21H24N2O2S. The number of thiophene rings is 1. The van der Waals surface area contributed by atoms with Crippen LogP contribution in [0.4, 0.5) is 0 Å². The highest BCUT2D eigenvalue weighted by atomic mass is 32.1. The van der Waals surface area contributed by atoms with Crippen LogP contribution in [-0.2, 0) is 11.2 Å². The molecule has 1 amide bonds. The lowest BCUT2D eigenvalue weighted by molar-refractivity contribution is -0.120. The Morgan fingerprint density at radius 2 is 1.85 bits per heavy atom. The first-order valence-electron chi connectivity index (χ1n) is 8.80. The van der Waals surface area contributed by atoms with Crippen LogP contribution in [0.25, 0.3) is 0 Å². The van der Waals surface area contributed by atoms with Crippen LogP contribution in [0.1, 0.15) is 58.8 Å². The molecule has 0 radical (unpaired) electrons. The average Bonchev–Trinajstić information content (AvgIpc) is 3.25. The van der Waals surface area contributed by atoms with E-state index in [9.17, 15) is 4.79 Å². The van der Waals surface area contributed by atoms with Crippen molar-refractivity contribution >= 4 is 17.2 Å². The molecule has 3 rings (SSSR count). The van der Waals surface area contributed by atoms with E-state index in [2.05, 4.69) is 54.7 Å². The minimum atomic E-state index is -0.149. The van der Waals surface area contributed by atoms with E-state index in [1.54, 1.807) is 11.3 Å². The quantitative estimate of drug-likeness (QED) is 0.671. The van der Waals surface area contributed by atoms with Gasteiger partial charge in [-0.3, -0.25) is 4.79 Å². The van der Waals surface area contributed by atoms with Gasteiger partial charge in [0.15, 0.2) is 0 Å². The molecule has 0 saturated carbocycles. The van der Waals surface area contributed by atoms with Gasteiger partial charge >= 0.3 is 0 Å². The van der Waals surface area contributed by atoms with E-state index >= 15 is 0 Å². The number of nitrogens with one attached hydrogen (secondary N) is 1. The lowest BCUT2D eigenvalue weighted by Crippen LogP contribution is -2.30. The van der Waals surface area contributed by atoms with Gasteiger partial charge in [0.05, 0.1) is 18.2 Å². The first kappa shape index (κ1) is 18.4. The standard InChI is InChI=1S/C21H24N2O2S/c1-13(2)16-7-9-17(10-8-16)21(19-6-5-11-26-19)22-20(24)12-18-14(3)23-25-15(18)4/h5-11,13,21H,12H2,1-4H3,(H,22,24)/t21-/m0/s1. The van der Waals surface area contributed by atoms with E-state index in [4.69, 9.17) is 4.52 Å². The zero-order valence-corrected chi connectivity index (χ0v) is 16.4. The summed E-state index contributed by atoms with van der Waals surface area (Å²) >= 11 is 1.65. The number of benzene rings is 1. The number of carbonyl (C=O) groups is 1. The highest BCUT2D eigenvalue weighted by Crippen LogP contribution is 2.28. The predicted octanol–water partition coefficient (Wildman–Crippen LogP) is 4.92. The van der Waals surface area contributed by atoms with Gasteiger partial charge in [0, 0.05) is 10.4 Å². The number of hydrogen-bond donors (Lipinski definition) is 1. The Kier molecular flexibility index (Phi) is 5.57. The van der Waals surface area contributed by atoms with Gasteiger partial charge in [0.25, 0.3) is 0 Å². The minimum Gasteiger partial charge on any atom is -0.361 e. The first-order chi connectivity index (χ1) is 12.5. The summed E-state index contributed by atoms with van der Waals surface area (Å²) in [6, 6.07) is 12.4. The van der Waals surface area contributed by atoms with Gasteiger partial charge in [-0.1, -0.05) is 49.3 Å². The topological polar surface area (TPSA) is 55.1 Å². The first-order valence-corrected chi connectivity index (χ1v) is 9.68. The highest BCUT2D eigenvalue weighted by molar-refractivity contribution is 7.10. The average molecular weight is 369 g/mol. The summed E-state index contributed by atoms with van der Waals surface area (Å²) in [6.07, 6.45) is 0.271. The van der Waals surface area contributed by atoms with E-state index < -0.39 is 0 Å². The number of carbonyl (C=O) groups excluding carboxylic acids is 1. The predicted molar refractivity (Wildman–Crippen MR) is 105 cm³/mol. The molecule has 0 bridgehead atoms. The van der Waals surface area contributed by atoms with Crippen LogP contribution in [0, 0.1) is 13.8 Å². The Morgan fingerprint density at radius 3 is 2.38 bits per heavy atom. The van der Waals surface area contributed by atoms with E-state index in [-0.39, 0.29) is 18.4 Å². The molecule has 136 valence electrons. The summed E-state index contributed by atoms with van der Waals surface area (Å²) in [6.45, 7) is 8.05. The molecule has 0 saturated heterocycles. The molecule has 2 heterocycles. The fourth-order valence-corrected chi connectivity index (χ4v) is 3.78. The van der Waals surface area contributed by atoms with Crippen molar-refractivity contribution in [1.82, 2.24) is 10.5 Å². The maximum atomic E-state index is 12.7. The van der Waals surface area contributed by atoms with Gasteiger partial charge in [-0.15, -0.1) is 11.3 Å². The molecule has 0 spiro atoms. The fourth-order valence-electron chi connectivity index (χ4n) is 2.97. The Bertz CT molecular complexity index is 845. The van der Waals surface area contributed by atoms with Gasteiger partial charge in [-0.25, -0.2) is 0 Å². The third-order valence-corrected chi connectivity index (χ3v) is 5.53. The van der Waals surface area contributed by atoms with E-state index in [1.165, 1.54) is 5.56 Å². The molecule has 1 N–H and O–H groups in total. The zero-order chi connectivity index (χ0) is 18.7. The van der Waals surface area contributed by atoms with Crippen molar-refractivity contribution in [1.29, 1.82) is 0 Å². The molecule has 0 aliphatic rings. The molecule has 5 heteroatoms. The molecule has 1 aromatic carbocycles. The van der Waals surface area contributed by atoms with Gasteiger partial charge in [-0.05, 0) is 42.3 Å². The normalized spacial score (nSPS) is 12.3. The summed E-state index contributed by atoms with van der Waals surface area (Å²) in [5, 5.41) is 9.14. The third-order valence-electron chi connectivity index (χ3n) is 4.59. The number of nitrogens with zero attached hydrogens (tertiary/aromatic N) is 1. The van der Waals surface area contributed by atoms with Crippen LogP contribution in [0.5, 0.6) is 0 Å². The van der Waals surface area contributed by atoms with Gasteiger partial charge in [0.2, 0.25) is 5.91 Å². The smallest absolute Gasteiger partial charge is 0.225 e. The van der Waals surface area contributed by atoms with Crippen LogP contribution in [0.3, 0.4) is 0 Å². The maximum absolute atomic E-state index is 12.7. The Morgan fingerprint density at radius 1 is 1.15 bits per heavy atom. The highest BCUT2D eigenvalue weighted by Gasteiger charge is 2.20. The number of hydrogen-bond acceptors (Lipinski definition) is 4. The summed E-state index contributed by atoms with van der Waals surface area (Å²) in [4.78, 5) is 13.8. The second kappa shape index (κ2) is 7.87. The van der Waals surface area contributed by atoms with Crippen LogP contribution < -0.4 is 5.32 Å². The third kappa shape index (κ3) is 4.05. The molecule has 1 atom stereocenters. The number of aryl methyl sites for hydroxylation is 2. The van der Waals surface area contributed by atoms with Gasteiger partial charge < -0.3 is 9.84 Å². The van der Waals surface area contributed by atoms with Crippen molar-refractivity contribution in [3.8, 4) is 0 Å². The molecule has 4 nitrogen and oxygen atoms in total. The van der Waals surface area contributed by atoms with E-state index in [0.29, 0.717) is 11.7 Å². The molecule has 0 unspecified atom stereocenters. The SMILES string of the molecule is Cc1noc(C)c1CC(=O)N[C@@H](c1ccc(C(C)C)cc1)c1cccs1. The van der Waals surface area contributed by atoms with Crippen LogP contribution in [0.2, 0.25) is 0 Å². The van der Waals surface area contributed by atoms with Crippen molar-refractivity contribution in [2.75, 3.05) is 0 Å². The molecule has 0 fully saturated rings. The zero-order valence-electron chi connectivity index (χ0n) is 15.6. The van der Waals surface area contributed by atoms with E-state index in [0.717, 1.165) is 21.7 Å². The lowest BCUT2D eigenvalue weighted by Gasteiger charge is -2.19. The Hall–Kier alpha value is -2.40. The summed E-state index contributed by atoms with van der Waals surface area (Å²) in [7, 11) is 0. The number of rotatable bonds is 6. The van der Waals surface area contributed by atoms with Crippen molar-refractivity contribution in [3.05, 3.63) is 74.8 Å². The molecular weight excluding hydrogens is 344 g/mol. The van der Waals surface area contributed by atoms with Crippen LogP contribution >= 0.6 is 11.3 Å². The minimum absolute atomic E-state index is 0.0364. The maximum Gasteiger partial charge on any atom is 0.225 e. The Balaban J connectivity index is 1.82. The molecule has 26 heavy (non-hydrogen) atoms. The van der Waals surface area contributed by atoms with Gasteiger partial charge in [0.1, 0.15) is 5.76 Å². The van der Waals surface area contributed by atoms with Crippen molar-refractivity contribution < 1.29 is 9.32 Å². The monoisotopic (exact) mass is 368 g/mol. The second-order valence-corrected chi connectivity index (χ2v) is 7.80. The summed E-state index contributed by atoms with van der Waals surface area (Å²) in [5.74, 6) is 1.15. The fraction of sp³-hybridized carbons (Fsp3) is 0.333. The summed E-state index contributed by atoms with van der Waals surface area (Å²) < 4.78 is 5.17. The summed E-state index contributed by atoms with van der Waals surface area (Å²) in [5.41, 5.74) is 4.01. The van der Waals surface area contributed by atoms with Crippen molar-refractivity contribution in [3.63, 3.8) is 0 Å². The second-order valence-electron chi connectivity index (χ2n) is 6.82. The molecule has 3 aromatic rings. The van der Waals surface area contributed by atoms with Crippen LogP contribution in [0.15, 0.2) is 46.3 Å². The van der Waals surface area contributed by atoms with E-state index in [1.807, 2.05) is 25.3 Å². The number of amides is 1. The van der Waals surface area contributed by atoms with Crippen molar-refractivity contribution in [2.45, 2.75) is 46.1 Å². The lowest BCUT2D eigenvalue weighted by atomic mass is 9.98. The Labute approximate surface area is 158 Å². The molecule has 0 aliphatic carbocycles. The van der Waals surface area contributed by atoms with Crippen LogP contribution in [-0.4, -0.2) is 11.1 Å². The largest absolute Gasteiger partial charge is 0.361 e. The van der Waals surface area contributed by atoms with Crippen molar-refractivity contribution in [2.24, 2.45) is 0 Å². The number of aromatic nitrogens is 1. The molecule has 0 aliphatic heterocycles. The van der Waals surface area contributed by atoms with Gasteiger partial charge in [-0.2, -0.15) is 0 Å². The molecule has 2 aromatic heterocycles.